The molecule has 3 aliphatic rings. The van der Waals surface area contributed by atoms with Crippen LogP contribution in [0.2, 0.25) is 0 Å². The molecule has 0 amide bonds. The summed E-state index contributed by atoms with van der Waals surface area (Å²) in [5.74, 6) is -7.39. The van der Waals surface area contributed by atoms with E-state index in [1.54, 1.807) is 146 Å². The Balaban J connectivity index is 1.07. The van der Waals surface area contributed by atoms with Crippen LogP contribution in [0.1, 0.15) is 54.2 Å². The summed E-state index contributed by atoms with van der Waals surface area (Å²) < 4.78 is 68.8. The molecule has 13 unspecified atom stereocenters. The van der Waals surface area contributed by atoms with Crippen molar-refractivity contribution < 1.29 is 91.1 Å². The van der Waals surface area contributed by atoms with Crippen molar-refractivity contribution in [3.05, 3.63) is 236 Å². The van der Waals surface area contributed by atoms with Crippen molar-refractivity contribution in [2.24, 2.45) is 16.1 Å². The number of Topliss-reactive ketones (excluding diaryl/α,β-unsaturated/α-hetero) is 2. The molecule has 0 spiro atoms. The molecule has 2 N–H and O–H groups in total. The molecule has 2 heterocycles. The Hall–Kier alpha value is -9.20. The van der Waals surface area contributed by atoms with E-state index in [1.165, 1.54) is 36.4 Å². The van der Waals surface area contributed by atoms with Crippen LogP contribution >= 0.6 is 0 Å². The molecule has 1 saturated carbocycles. The highest BCUT2D eigenvalue weighted by atomic mass is 16.7. The van der Waals surface area contributed by atoms with E-state index in [9.17, 15) is 50.0 Å². The number of rotatable bonds is 30. The number of hydrogen-bond donors (Lipinski definition) is 2. The van der Waals surface area contributed by atoms with Gasteiger partial charge < -0.3 is 62.3 Å². The summed E-state index contributed by atoms with van der Waals surface area (Å²) in [5.41, 5.74) is 22.1. The maximum atomic E-state index is 14.5. The summed E-state index contributed by atoms with van der Waals surface area (Å²) in [7, 11) is 1.10. The third-order valence-corrected chi connectivity index (χ3v) is 15.1. The van der Waals surface area contributed by atoms with Crippen molar-refractivity contribution in [2.75, 3.05) is 26.9 Å². The second kappa shape index (κ2) is 32.3. The number of aliphatic hydroxyl groups excluding tert-OH is 2. The highest BCUT2D eigenvalue weighted by Crippen LogP contribution is 2.45. The summed E-state index contributed by atoms with van der Waals surface area (Å²) in [6.45, 7) is -2.39. The molecule has 2 aliphatic heterocycles. The Labute approximate surface area is 515 Å². The fourth-order valence-electron chi connectivity index (χ4n) is 10.4. The van der Waals surface area contributed by atoms with Crippen LogP contribution in [-0.4, -0.2) is 158 Å². The van der Waals surface area contributed by atoms with Gasteiger partial charge in [0.25, 0.3) is 11.6 Å². The first-order valence-corrected chi connectivity index (χ1v) is 28.7. The summed E-state index contributed by atoms with van der Waals surface area (Å²) in [6, 6.07) is 46.9. The molecular formula is C65H64N6O19. The Morgan fingerprint density at radius 1 is 0.600 bits per heavy atom. The summed E-state index contributed by atoms with van der Waals surface area (Å²) in [5, 5.41) is 31.3. The highest BCUT2D eigenvalue weighted by molar-refractivity contribution is 6.41. The predicted molar refractivity (Wildman–Crippen MR) is 314 cm³/mol. The van der Waals surface area contributed by atoms with Gasteiger partial charge in [-0.15, -0.1) is 0 Å². The van der Waals surface area contributed by atoms with Crippen LogP contribution in [0.3, 0.4) is 0 Å². The number of esters is 4. The molecule has 1 aliphatic carbocycles. The van der Waals surface area contributed by atoms with Crippen LogP contribution in [0.4, 0.5) is 0 Å². The summed E-state index contributed by atoms with van der Waals surface area (Å²) in [4.78, 5) is 87.5. The van der Waals surface area contributed by atoms with E-state index in [1.807, 2.05) is 0 Å². The van der Waals surface area contributed by atoms with Crippen LogP contribution in [0.5, 0.6) is 0 Å². The lowest BCUT2D eigenvalue weighted by Crippen LogP contribution is -2.66. The molecule has 6 aromatic rings. The van der Waals surface area contributed by atoms with E-state index in [0.29, 0.717) is 16.7 Å². The van der Waals surface area contributed by atoms with Gasteiger partial charge in [-0.3, -0.25) is 9.59 Å². The second-order valence-corrected chi connectivity index (χ2v) is 21.1. The Kier molecular flexibility index (Phi) is 23.4. The summed E-state index contributed by atoms with van der Waals surface area (Å²) in [6.07, 6.45) is -19.1. The minimum absolute atomic E-state index is 0.0279. The zero-order valence-corrected chi connectivity index (χ0v) is 48.4. The van der Waals surface area contributed by atoms with Crippen molar-refractivity contribution in [3.8, 4) is 0 Å². The largest absolute Gasteiger partial charge is 0.467 e. The number of azide groups is 2. The van der Waals surface area contributed by atoms with E-state index in [-0.39, 0.29) is 42.9 Å². The van der Waals surface area contributed by atoms with Gasteiger partial charge in [0.1, 0.15) is 68.1 Å². The molecule has 9 rings (SSSR count). The van der Waals surface area contributed by atoms with E-state index in [4.69, 9.17) is 52.1 Å². The van der Waals surface area contributed by atoms with E-state index in [2.05, 4.69) is 20.1 Å². The Bertz CT molecular complexity index is 3440. The first-order chi connectivity index (χ1) is 43.8. The van der Waals surface area contributed by atoms with Gasteiger partial charge in [-0.2, -0.15) is 0 Å². The first-order valence-electron chi connectivity index (χ1n) is 28.7. The van der Waals surface area contributed by atoms with Crippen molar-refractivity contribution >= 4 is 35.4 Å². The zero-order chi connectivity index (χ0) is 63.4. The van der Waals surface area contributed by atoms with E-state index >= 15 is 0 Å². The fraction of sp³-hybridized carbons (Fsp3) is 0.354. The number of carbonyl (C=O) groups excluding carboxylic acids is 6. The first kappa shape index (κ1) is 65.3. The van der Waals surface area contributed by atoms with Gasteiger partial charge in [0, 0.05) is 21.0 Å². The standard InChI is InChI=1S/C65H64N6O19/c1-80-64(79)59-58(87-48-32-45(48)50(69-71-67)56(82-33-39-20-8-2-9-21-39)53(75)47(72)37-85-62(77)51(73)42-26-14-5-15-27-42)57(83-34-40-22-10-3-11-23-40)60(84-35-41-24-12-4-13-25-41)65(90-59)89-55-49(38-86-61(76)44-30-18-7-19-31-44)81-36-46(68-70-66)54(55)88-63(78)52(74)43-28-16-6-17-29-43/h2-31,45-50,53-60,65,72,75H,32-38H2,1H3/t45-,46?,47?,48?,49?,50?,53+,54?,55?,56?,57?,58?,59?,60?,65?/m0/s1. The van der Waals surface area contributed by atoms with Crippen molar-refractivity contribution in [1.82, 2.24) is 0 Å². The molecular weight excluding hydrogens is 1170 g/mol. The quantitative estimate of drug-likeness (QED) is 0.00846. The van der Waals surface area contributed by atoms with Gasteiger partial charge >= 0.3 is 23.9 Å². The topological polar surface area (TPSA) is 342 Å². The van der Waals surface area contributed by atoms with Gasteiger partial charge in [0.2, 0.25) is 0 Å². The molecule has 0 radical (unpaired) electrons. The molecule has 90 heavy (non-hydrogen) atoms. The SMILES string of the molecule is COC(=O)C1OC(OC2C(COC(=O)c3ccccc3)OCC(N=[N+]=[N-])C2OC(=O)C(=O)c2ccccc2)C(OCc2ccccc2)C(OCc2ccccc2)C1OC1C[C@@H]1C(N=[N+]=[N-])C(OCc1ccccc1)[C@H](O)C(O)COC(=O)C(=O)c1ccccc1. The lowest BCUT2D eigenvalue weighted by Gasteiger charge is -2.48. The Morgan fingerprint density at radius 2 is 1.12 bits per heavy atom. The lowest BCUT2D eigenvalue weighted by molar-refractivity contribution is -0.344. The predicted octanol–water partition coefficient (Wildman–Crippen LogP) is 7.36. The molecule has 3 fully saturated rings. The number of hydrogen-bond acceptors (Lipinski definition) is 21. The van der Waals surface area contributed by atoms with E-state index < -0.39 is 147 Å². The minimum Gasteiger partial charge on any atom is -0.467 e. The molecule has 15 atom stereocenters. The molecule has 25 nitrogen and oxygen atoms in total. The van der Waals surface area contributed by atoms with Crippen LogP contribution in [-0.2, 0) is 86.3 Å². The Morgan fingerprint density at radius 3 is 1.67 bits per heavy atom. The number of methoxy groups -OCH3 is 1. The molecule has 0 bridgehead atoms. The maximum Gasteiger partial charge on any atom is 0.380 e. The molecule has 6 aromatic carbocycles. The minimum atomic E-state index is -1.94. The number of nitrogens with zero attached hydrogens (tertiary/aromatic N) is 6. The number of ether oxygens (including phenoxy) is 11. The van der Waals surface area contributed by atoms with Crippen LogP contribution in [0, 0.1) is 5.92 Å². The zero-order valence-electron chi connectivity index (χ0n) is 48.4. The molecule has 468 valence electrons. The van der Waals surface area contributed by atoms with Crippen LogP contribution < -0.4 is 0 Å². The molecule has 0 aromatic heterocycles. The van der Waals surface area contributed by atoms with Crippen molar-refractivity contribution in [1.29, 1.82) is 0 Å². The van der Waals surface area contributed by atoms with Crippen molar-refractivity contribution in [3.63, 3.8) is 0 Å². The third-order valence-electron chi connectivity index (χ3n) is 15.1. The summed E-state index contributed by atoms with van der Waals surface area (Å²) >= 11 is 0. The number of carbonyl (C=O) groups is 6. The normalized spacial score (nSPS) is 24.0. The average Bonchev–Trinajstić information content (AvgIpc) is 1.41. The molecule has 2 saturated heterocycles. The van der Waals surface area contributed by atoms with Crippen LogP contribution in [0.25, 0.3) is 20.9 Å². The molecule has 25 heteroatoms. The van der Waals surface area contributed by atoms with Crippen LogP contribution in [0.15, 0.2) is 192 Å². The highest BCUT2D eigenvalue weighted by Gasteiger charge is 2.59. The number of ketones is 2. The van der Waals surface area contributed by atoms with Crippen molar-refractivity contribution in [2.45, 2.75) is 112 Å². The smallest absolute Gasteiger partial charge is 0.380 e. The third kappa shape index (κ3) is 17.1. The van der Waals surface area contributed by atoms with Gasteiger partial charge in [-0.25, -0.2) is 19.2 Å². The average molecular weight is 1230 g/mol. The fourth-order valence-corrected chi connectivity index (χ4v) is 10.4. The van der Waals surface area contributed by atoms with Gasteiger partial charge in [0.05, 0.1) is 57.4 Å². The lowest BCUT2D eigenvalue weighted by atomic mass is 9.95. The van der Waals surface area contributed by atoms with Gasteiger partial charge in [0.15, 0.2) is 12.4 Å². The second-order valence-electron chi connectivity index (χ2n) is 21.1. The maximum absolute atomic E-state index is 14.5. The van der Waals surface area contributed by atoms with Gasteiger partial charge in [-0.1, -0.05) is 180 Å². The van der Waals surface area contributed by atoms with E-state index in [0.717, 1.165) is 7.11 Å². The van der Waals surface area contributed by atoms with Gasteiger partial charge in [-0.05, 0) is 52.2 Å². The number of aliphatic hydroxyl groups is 2. The number of benzene rings is 6. The monoisotopic (exact) mass is 1230 g/mol.